The molecule has 100 valence electrons. The number of thioether (sulfide) groups is 1. The van der Waals surface area contributed by atoms with Gasteiger partial charge < -0.3 is 4.90 Å². The van der Waals surface area contributed by atoms with Crippen LogP contribution < -0.4 is 4.90 Å². The molecule has 3 nitrogen and oxygen atoms in total. The zero-order chi connectivity index (χ0) is 13.8. The van der Waals surface area contributed by atoms with Crippen LogP contribution in [0, 0.1) is 5.41 Å². The number of nitrogens with one attached hydrogen (secondary N) is 1. The Morgan fingerprint density at radius 2 is 2.00 bits per heavy atom. The molecule has 0 unspecified atom stereocenters. The Morgan fingerprint density at radius 3 is 2.75 bits per heavy atom. The van der Waals surface area contributed by atoms with Crippen molar-refractivity contribution >= 4 is 22.5 Å². The van der Waals surface area contributed by atoms with Crippen LogP contribution in [0.3, 0.4) is 0 Å². The summed E-state index contributed by atoms with van der Waals surface area (Å²) in [5.41, 5.74) is 2.08. The summed E-state index contributed by atoms with van der Waals surface area (Å²) in [6.45, 7) is 0.979. The van der Waals surface area contributed by atoms with Crippen LogP contribution in [0.25, 0.3) is 0 Å². The van der Waals surface area contributed by atoms with Crippen LogP contribution in [0.4, 0.5) is 5.69 Å². The number of hydrogen-bond donors (Lipinski definition) is 1. The Kier molecular flexibility index (Phi) is 3.83. The standard InChI is InChI=1S/C16H15N3S/c17-16(13-5-4-9-18-11-13)20-15-8-10-19(12-15)14-6-2-1-3-7-14/h1-7,9,11-12,17H,8,10H2. The van der Waals surface area contributed by atoms with E-state index in [1.807, 2.05) is 30.3 Å². The zero-order valence-electron chi connectivity index (χ0n) is 11.0. The fourth-order valence-electron chi connectivity index (χ4n) is 2.12. The lowest BCUT2D eigenvalue weighted by Crippen LogP contribution is -2.11. The van der Waals surface area contributed by atoms with Crippen LogP contribution in [-0.2, 0) is 0 Å². The quantitative estimate of drug-likeness (QED) is 0.685. The predicted octanol–water partition coefficient (Wildman–Crippen LogP) is 3.89. The molecule has 0 saturated carbocycles. The maximum absolute atomic E-state index is 8.13. The third kappa shape index (κ3) is 2.91. The van der Waals surface area contributed by atoms with E-state index in [1.54, 1.807) is 12.4 Å². The van der Waals surface area contributed by atoms with Gasteiger partial charge in [0.05, 0.1) is 0 Å². The number of anilines is 1. The monoisotopic (exact) mass is 281 g/mol. The third-order valence-electron chi connectivity index (χ3n) is 3.14. The maximum Gasteiger partial charge on any atom is 0.100 e. The van der Waals surface area contributed by atoms with E-state index in [0.29, 0.717) is 5.04 Å². The summed E-state index contributed by atoms with van der Waals surface area (Å²) in [5, 5.41) is 8.68. The summed E-state index contributed by atoms with van der Waals surface area (Å²) in [6, 6.07) is 14.1. The highest BCUT2D eigenvalue weighted by Gasteiger charge is 2.16. The van der Waals surface area contributed by atoms with Gasteiger partial charge in [0, 0.05) is 41.3 Å². The molecule has 0 aliphatic carbocycles. The van der Waals surface area contributed by atoms with Crippen molar-refractivity contribution in [2.45, 2.75) is 6.42 Å². The van der Waals surface area contributed by atoms with Crippen molar-refractivity contribution in [2.24, 2.45) is 0 Å². The molecule has 2 aromatic rings. The Balaban J connectivity index is 1.69. The van der Waals surface area contributed by atoms with E-state index in [-0.39, 0.29) is 0 Å². The molecule has 0 radical (unpaired) electrons. The molecule has 1 aliphatic heterocycles. The first-order valence-corrected chi connectivity index (χ1v) is 7.34. The highest BCUT2D eigenvalue weighted by atomic mass is 32.2. The fraction of sp³-hybridized carbons (Fsp3) is 0.125. The van der Waals surface area contributed by atoms with Gasteiger partial charge in [0.2, 0.25) is 0 Å². The van der Waals surface area contributed by atoms with E-state index in [0.717, 1.165) is 18.5 Å². The van der Waals surface area contributed by atoms with Gasteiger partial charge >= 0.3 is 0 Å². The number of pyridine rings is 1. The van der Waals surface area contributed by atoms with Crippen LogP contribution in [0.2, 0.25) is 0 Å². The SMILES string of the molecule is N=C(SC1=CN(c2ccccc2)CC1)c1cccnc1. The number of aromatic nitrogens is 1. The second kappa shape index (κ2) is 5.92. The highest BCUT2D eigenvalue weighted by Crippen LogP contribution is 2.31. The van der Waals surface area contributed by atoms with E-state index in [1.165, 1.54) is 22.4 Å². The van der Waals surface area contributed by atoms with Gasteiger partial charge in [0.25, 0.3) is 0 Å². The van der Waals surface area contributed by atoms with Gasteiger partial charge in [-0.15, -0.1) is 0 Å². The van der Waals surface area contributed by atoms with Gasteiger partial charge in [-0.3, -0.25) is 10.4 Å². The van der Waals surface area contributed by atoms with Gasteiger partial charge in [-0.25, -0.2) is 0 Å². The molecular weight excluding hydrogens is 266 g/mol. The number of hydrogen-bond acceptors (Lipinski definition) is 4. The highest BCUT2D eigenvalue weighted by molar-refractivity contribution is 8.17. The molecule has 0 fully saturated rings. The van der Waals surface area contributed by atoms with Gasteiger partial charge in [-0.2, -0.15) is 0 Å². The first kappa shape index (κ1) is 12.9. The minimum absolute atomic E-state index is 0.555. The van der Waals surface area contributed by atoms with Crippen LogP contribution >= 0.6 is 11.8 Å². The Labute approximate surface area is 122 Å². The molecule has 20 heavy (non-hydrogen) atoms. The topological polar surface area (TPSA) is 40.0 Å². The number of nitrogens with zero attached hydrogens (tertiary/aromatic N) is 2. The van der Waals surface area contributed by atoms with Crippen molar-refractivity contribution in [3.05, 3.63) is 71.5 Å². The Morgan fingerprint density at radius 1 is 1.15 bits per heavy atom. The smallest absolute Gasteiger partial charge is 0.100 e. The average Bonchev–Trinajstić information content (AvgIpc) is 2.97. The molecule has 0 saturated heterocycles. The van der Waals surface area contributed by atoms with E-state index < -0.39 is 0 Å². The molecule has 0 spiro atoms. The van der Waals surface area contributed by atoms with Crippen molar-refractivity contribution < 1.29 is 0 Å². The molecule has 2 heterocycles. The van der Waals surface area contributed by atoms with Crippen LogP contribution in [0.1, 0.15) is 12.0 Å². The van der Waals surface area contributed by atoms with Gasteiger partial charge in [-0.05, 0) is 30.7 Å². The fourth-order valence-corrected chi connectivity index (χ4v) is 3.00. The molecule has 0 bridgehead atoms. The van der Waals surface area contributed by atoms with Crippen molar-refractivity contribution in [3.8, 4) is 0 Å². The molecule has 1 aliphatic rings. The third-order valence-corrected chi connectivity index (χ3v) is 4.16. The summed E-state index contributed by atoms with van der Waals surface area (Å²) in [4.78, 5) is 7.52. The molecule has 4 heteroatoms. The molecule has 1 N–H and O–H groups in total. The molecule has 0 atom stereocenters. The first-order chi connectivity index (χ1) is 9.83. The van der Waals surface area contributed by atoms with Crippen molar-refractivity contribution in [1.82, 2.24) is 4.98 Å². The lowest BCUT2D eigenvalue weighted by Gasteiger charge is -2.14. The molecule has 1 aromatic heterocycles. The Bertz CT molecular complexity index is 623. The maximum atomic E-state index is 8.13. The number of benzene rings is 1. The van der Waals surface area contributed by atoms with Gasteiger partial charge in [0.15, 0.2) is 0 Å². The van der Waals surface area contributed by atoms with E-state index in [9.17, 15) is 0 Å². The first-order valence-electron chi connectivity index (χ1n) is 6.52. The van der Waals surface area contributed by atoms with Crippen LogP contribution in [-0.4, -0.2) is 16.6 Å². The summed E-state index contributed by atoms with van der Waals surface area (Å²) < 4.78 is 0. The lowest BCUT2D eigenvalue weighted by molar-refractivity contribution is 0.996. The van der Waals surface area contributed by atoms with Crippen LogP contribution in [0.15, 0.2) is 66.0 Å². The van der Waals surface area contributed by atoms with Crippen molar-refractivity contribution in [3.63, 3.8) is 0 Å². The molecular formula is C16H15N3S. The summed E-state index contributed by atoms with van der Waals surface area (Å²) >= 11 is 1.52. The second-order valence-corrected chi connectivity index (χ2v) is 5.68. The van der Waals surface area contributed by atoms with Gasteiger partial charge in [0.1, 0.15) is 5.04 Å². The number of para-hydroxylation sites is 1. The molecule has 3 rings (SSSR count). The predicted molar refractivity (Wildman–Crippen MR) is 85.1 cm³/mol. The Hall–Kier alpha value is -2.07. The average molecular weight is 281 g/mol. The lowest BCUT2D eigenvalue weighted by atomic mass is 10.3. The summed E-state index contributed by atoms with van der Waals surface area (Å²) in [6.07, 6.45) is 6.60. The molecule has 1 aromatic carbocycles. The van der Waals surface area contributed by atoms with E-state index in [2.05, 4.69) is 28.2 Å². The zero-order valence-corrected chi connectivity index (χ0v) is 11.8. The minimum Gasteiger partial charge on any atom is -0.347 e. The van der Waals surface area contributed by atoms with Gasteiger partial charge in [-0.1, -0.05) is 30.0 Å². The van der Waals surface area contributed by atoms with Crippen molar-refractivity contribution in [2.75, 3.05) is 11.4 Å². The van der Waals surface area contributed by atoms with E-state index in [4.69, 9.17) is 5.41 Å². The van der Waals surface area contributed by atoms with Crippen molar-refractivity contribution in [1.29, 1.82) is 5.41 Å². The minimum atomic E-state index is 0.555. The summed E-state index contributed by atoms with van der Waals surface area (Å²) in [5.74, 6) is 0. The van der Waals surface area contributed by atoms with E-state index >= 15 is 0 Å². The summed E-state index contributed by atoms with van der Waals surface area (Å²) in [7, 11) is 0. The number of rotatable bonds is 3. The largest absolute Gasteiger partial charge is 0.347 e. The van der Waals surface area contributed by atoms with Crippen LogP contribution in [0.5, 0.6) is 0 Å². The molecule has 0 amide bonds. The second-order valence-electron chi connectivity index (χ2n) is 4.55. The normalized spacial score (nSPS) is 14.2.